The summed E-state index contributed by atoms with van der Waals surface area (Å²) < 4.78 is 14.8. The quantitative estimate of drug-likeness (QED) is 0.710. The van der Waals surface area contributed by atoms with Crippen LogP contribution in [0.15, 0.2) is 48.7 Å². The van der Waals surface area contributed by atoms with Crippen LogP contribution in [0.3, 0.4) is 0 Å². The Kier molecular flexibility index (Phi) is 4.96. The number of hydrogen-bond donors (Lipinski definition) is 2. The second-order valence-corrected chi connectivity index (χ2v) is 7.29. The molecule has 0 unspecified atom stereocenters. The van der Waals surface area contributed by atoms with Crippen molar-refractivity contribution in [3.8, 4) is 11.1 Å². The van der Waals surface area contributed by atoms with Crippen LogP contribution in [0.1, 0.15) is 23.2 Å². The van der Waals surface area contributed by atoms with Crippen molar-refractivity contribution in [3.63, 3.8) is 0 Å². The van der Waals surface area contributed by atoms with Crippen LogP contribution in [-0.2, 0) is 0 Å². The first-order chi connectivity index (χ1) is 13.5. The lowest BCUT2D eigenvalue weighted by molar-refractivity contribution is 0.0697. The largest absolute Gasteiger partial charge is 0.478 e. The molecule has 5 nitrogen and oxygen atoms in total. The molecule has 0 bridgehead atoms. The highest BCUT2D eigenvalue weighted by Crippen LogP contribution is 2.34. The molecule has 0 radical (unpaired) electrons. The van der Waals surface area contributed by atoms with Crippen LogP contribution in [0, 0.1) is 5.82 Å². The number of aromatic nitrogens is 1. The molecule has 1 aromatic heterocycles. The Morgan fingerprint density at radius 2 is 1.89 bits per heavy atom. The van der Waals surface area contributed by atoms with E-state index >= 15 is 0 Å². The van der Waals surface area contributed by atoms with Crippen LogP contribution < -0.4 is 5.32 Å². The molecule has 1 aliphatic rings. The first kappa shape index (κ1) is 18.4. The minimum Gasteiger partial charge on any atom is -0.478 e. The van der Waals surface area contributed by atoms with Gasteiger partial charge in [-0.2, -0.15) is 0 Å². The average molecular weight is 379 g/mol. The molecule has 4 rings (SSSR count). The molecule has 6 heteroatoms. The summed E-state index contributed by atoms with van der Waals surface area (Å²) in [6.07, 6.45) is 3.71. The van der Waals surface area contributed by atoms with Gasteiger partial charge in [0.1, 0.15) is 11.6 Å². The number of anilines is 1. The molecule has 0 spiro atoms. The van der Waals surface area contributed by atoms with E-state index in [4.69, 9.17) is 5.11 Å². The molecule has 0 atom stereocenters. The summed E-state index contributed by atoms with van der Waals surface area (Å²) in [6, 6.07) is 11.7. The maximum atomic E-state index is 14.8. The molecular formula is C22H22FN3O2. The lowest BCUT2D eigenvalue weighted by Gasteiger charge is -2.30. The Morgan fingerprint density at radius 1 is 1.18 bits per heavy atom. The molecule has 0 amide bonds. The first-order valence-corrected chi connectivity index (χ1v) is 9.39. The maximum absolute atomic E-state index is 14.8. The number of piperidine rings is 1. The third kappa shape index (κ3) is 3.55. The fourth-order valence-electron chi connectivity index (χ4n) is 3.73. The number of carbonyl (C=O) groups is 1. The fourth-order valence-corrected chi connectivity index (χ4v) is 3.73. The normalized spacial score (nSPS) is 15.6. The second kappa shape index (κ2) is 7.56. The Hall–Kier alpha value is -2.99. The van der Waals surface area contributed by atoms with Crippen molar-refractivity contribution in [1.82, 2.24) is 9.88 Å². The van der Waals surface area contributed by atoms with E-state index in [9.17, 15) is 9.18 Å². The third-order valence-electron chi connectivity index (χ3n) is 5.36. The number of fused-ring (bicyclic) bond motifs is 1. The monoisotopic (exact) mass is 379 g/mol. The van der Waals surface area contributed by atoms with Crippen LogP contribution in [0.5, 0.6) is 0 Å². The molecule has 0 saturated carbocycles. The smallest absolute Gasteiger partial charge is 0.335 e. The van der Waals surface area contributed by atoms with Gasteiger partial charge in [-0.3, -0.25) is 0 Å². The highest BCUT2D eigenvalue weighted by Gasteiger charge is 2.19. The van der Waals surface area contributed by atoms with Gasteiger partial charge in [0, 0.05) is 28.6 Å². The summed E-state index contributed by atoms with van der Waals surface area (Å²) >= 11 is 0. The van der Waals surface area contributed by atoms with Gasteiger partial charge in [-0.15, -0.1) is 0 Å². The number of carboxylic acids is 1. The van der Waals surface area contributed by atoms with Crippen molar-refractivity contribution < 1.29 is 14.3 Å². The van der Waals surface area contributed by atoms with Gasteiger partial charge >= 0.3 is 5.97 Å². The van der Waals surface area contributed by atoms with E-state index in [1.807, 2.05) is 6.07 Å². The van der Waals surface area contributed by atoms with Gasteiger partial charge in [-0.25, -0.2) is 14.2 Å². The van der Waals surface area contributed by atoms with Gasteiger partial charge in [0.05, 0.1) is 5.56 Å². The number of pyridine rings is 1. The third-order valence-corrected chi connectivity index (χ3v) is 5.36. The van der Waals surface area contributed by atoms with Gasteiger partial charge in [0.2, 0.25) is 0 Å². The molecule has 1 saturated heterocycles. The van der Waals surface area contributed by atoms with Crippen molar-refractivity contribution in [1.29, 1.82) is 0 Å². The summed E-state index contributed by atoms with van der Waals surface area (Å²) in [5.74, 6) is -0.614. The number of carboxylic acid groups (broad SMARTS) is 1. The zero-order valence-corrected chi connectivity index (χ0v) is 15.7. The van der Waals surface area contributed by atoms with Crippen molar-refractivity contribution >= 4 is 22.6 Å². The summed E-state index contributed by atoms with van der Waals surface area (Å²) in [7, 11) is 2.11. The first-order valence-electron chi connectivity index (χ1n) is 9.39. The van der Waals surface area contributed by atoms with Crippen LogP contribution in [0.4, 0.5) is 10.2 Å². The molecule has 2 aromatic carbocycles. The Morgan fingerprint density at radius 3 is 2.57 bits per heavy atom. The molecule has 28 heavy (non-hydrogen) atoms. The zero-order valence-electron chi connectivity index (χ0n) is 15.7. The Balaban J connectivity index is 1.74. The molecular weight excluding hydrogens is 357 g/mol. The predicted molar refractivity (Wildman–Crippen MR) is 108 cm³/mol. The summed E-state index contributed by atoms with van der Waals surface area (Å²) in [4.78, 5) is 18.0. The van der Waals surface area contributed by atoms with Crippen molar-refractivity contribution in [2.45, 2.75) is 18.9 Å². The lowest BCUT2D eigenvalue weighted by Crippen LogP contribution is -2.36. The number of nitrogens with zero attached hydrogens (tertiary/aromatic N) is 2. The fraction of sp³-hybridized carbons (Fsp3) is 0.273. The molecule has 1 aliphatic heterocycles. The van der Waals surface area contributed by atoms with Crippen molar-refractivity contribution in [2.75, 3.05) is 25.5 Å². The number of nitrogens with one attached hydrogen (secondary N) is 1. The highest BCUT2D eigenvalue weighted by molar-refractivity contribution is 6.02. The predicted octanol–water partition coefficient (Wildman–Crippen LogP) is 4.25. The van der Waals surface area contributed by atoms with Crippen molar-refractivity contribution in [2.24, 2.45) is 0 Å². The maximum Gasteiger partial charge on any atom is 0.335 e. The molecule has 3 aromatic rings. The topological polar surface area (TPSA) is 65.5 Å². The van der Waals surface area contributed by atoms with E-state index in [1.54, 1.807) is 24.4 Å². The van der Waals surface area contributed by atoms with Gasteiger partial charge in [-0.05, 0) is 56.7 Å². The van der Waals surface area contributed by atoms with E-state index in [1.165, 1.54) is 18.2 Å². The highest BCUT2D eigenvalue weighted by atomic mass is 19.1. The molecule has 2 heterocycles. The zero-order chi connectivity index (χ0) is 19.7. The van der Waals surface area contributed by atoms with E-state index in [0.717, 1.165) is 36.9 Å². The summed E-state index contributed by atoms with van der Waals surface area (Å²) in [5.41, 5.74) is 1.58. The molecule has 2 N–H and O–H groups in total. The van der Waals surface area contributed by atoms with Gasteiger partial charge < -0.3 is 15.3 Å². The van der Waals surface area contributed by atoms with E-state index in [0.29, 0.717) is 22.8 Å². The number of benzene rings is 2. The molecule has 1 fully saturated rings. The number of aromatic carboxylic acids is 1. The standard InChI is InChI=1S/C22H22FN3O2/c1-26-11-9-16(10-12-26)25-21-17-3-2-4-19(23)20(17)18(13-24-21)14-5-7-15(8-6-14)22(27)28/h2-8,13,16H,9-12H2,1H3,(H,24,25)(H,27,28). The Labute approximate surface area is 162 Å². The van der Waals surface area contributed by atoms with E-state index in [-0.39, 0.29) is 11.4 Å². The van der Waals surface area contributed by atoms with Crippen LogP contribution in [0.25, 0.3) is 21.9 Å². The van der Waals surface area contributed by atoms with E-state index < -0.39 is 5.97 Å². The minimum atomic E-state index is -0.988. The summed E-state index contributed by atoms with van der Waals surface area (Å²) in [5, 5.41) is 13.8. The van der Waals surface area contributed by atoms with Gasteiger partial charge in [-0.1, -0.05) is 24.3 Å². The number of halogens is 1. The number of likely N-dealkylation sites (tertiary alicyclic amines) is 1. The van der Waals surface area contributed by atoms with Crippen LogP contribution in [0.2, 0.25) is 0 Å². The van der Waals surface area contributed by atoms with E-state index in [2.05, 4.69) is 22.2 Å². The summed E-state index contributed by atoms with van der Waals surface area (Å²) in [6.45, 7) is 2.05. The molecule has 144 valence electrons. The number of rotatable bonds is 4. The second-order valence-electron chi connectivity index (χ2n) is 7.29. The average Bonchev–Trinajstić information content (AvgIpc) is 2.70. The minimum absolute atomic E-state index is 0.196. The van der Waals surface area contributed by atoms with Crippen LogP contribution in [-0.4, -0.2) is 47.1 Å². The number of hydrogen-bond acceptors (Lipinski definition) is 4. The van der Waals surface area contributed by atoms with Crippen LogP contribution >= 0.6 is 0 Å². The molecule has 0 aliphatic carbocycles. The van der Waals surface area contributed by atoms with Gasteiger partial charge in [0.25, 0.3) is 0 Å². The van der Waals surface area contributed by atoms with Crippen molar-refractivity contribution in [3.05, 3.63) is 60.0 Å². The lowest BCUT2D eigenvalue weighted by atomic mass is 9.98. The van der Waals surface area contributed by atoms with Gasteiger partial charge in [0.15, 0.2) is 0 Å². The SMILES string of the molecule is CN1CCC(Nc2ncc(-c3ccc(C(=O)O)cc3)c3c(F)cccc23)CC1. The Bertz CT molecular complexity index is 1010.